The number of hydrogen-bond donors (Lipinski definition) is 1. The molecule has 30 heavy (non-hydrogen) atoms. The van der Waals surface area contributed by atoms with E-state index in [4.69, 9.17) is 23.2 Å². The lowest BCUT2D eigenvalue weighted by atomic mass is 10.1. The maximum Gasteiger partial charge on any atom is 0.295 e. The average molecular weight is 437 g/mol. The molecule has 1 aromatic heterocycles. The van der Waals surface area contributed by atoms with Crippen molar-refractivity contribution in [2.45, 2.75) is 13.8 Å². The SMILES string of the molecule is Cc1ccc(-c2nc(C(=O)Nc3ccc(Cl)cc3)nn2-c2cccc(Cl)c2C)cc1. The van der Waals surface area contributed by atoms with Crippen LogP contribution in [0.3, 0.4) is 0 Å². The molecule has 4 aromatic rings. The van der Waals surface area contributed by atoms with Crippen molar-refractivity contribution in [3.05, 3.63) is 93.7 Å². The summed E-state index contributed by atoms with van der Waals surface area (Å²) in [6.07, 6.45) is 0. The van der Waals surface area contributed by atoms with Crippen molar-refractivity contribution in [3.63, 3.8) is 0 Å². The Bertz CT molecular complexity index is 1220. The van der Waals surface area contributed by atoms with Crippen molar-refractivity contribution in [1.82, 2.24) is 14.8 Å². The highest BCUT2D eigenvalue weighted by Crippen LogP contribution is 2.27. The van der Waals surface area contributed by atoms with Crippen molar-refractivity contribution in [3.8, 4) is 17.1 Å². The van der Waals surface area contributed by atoms with Crippen LogP contribution in [-0.2, 0) is 0 Å². The van der Waals surface area contributed by atoms with Gasteiger partial charge in [0.15, 0.2) is 5.82 Å². The minimum Gasteiger partial charge on any atom is -0.319 e. The highest BCUT2D eigenvalue weighted by atomic mass is 35.5. The number of aromatic nitrogens is 3. The van der Waals surface area contributed by atoms with Gasteiger partial charge in [0.25, 0.3) is 5.91 Å². The van der Waals surface area contributed by atoms with Gasteiger partial charge in [0.05, 0.1) is 5.69 Å². The average Bonchev–Trinajstić information content (AvgIpc) is 3.17. The zero-order valence-corrected chi connectivity index (χ0v) is 17.9. The number of hydrogen-bond acceptors (Lipinski definition) is 3. The largest absolute Gasteiger partial charge is 0.319 e. The third kappa shape index (κ3) is 4.08. The highest BCUT2D eigenvalue weighted by Gasteiger charge is 2.20. The minimum atomic E-state index is -0.413. The van der Waals surface area contributed by atoms with E-state index in [1.807, 2.05) is 56.3 Å². The van der Waals surface area contributed by atoms with Gasteiger partial charge in [0.2, 0.25) is 5.82 Å². The molecule has 1 N–H and O–H groups in total. The summed E-state index contributed by atoms with van der Waals surface area (Å²) >= 11 is 12.2. The lowest BCUT2D eigenvalue weighted by Crippen LogP contribution is -2.14. The number of carbonyl (C=O) groups is 1. The molecular weight excluding hydrogens is 419 g/mol. The Morgan fingerprint density at radius 2 is 1.63 bits per heavy atom. The van der Waals surface area contributed by atoms with Crippen LogP contribution in [0.4, 0.5) is 5.69 Å². The molecule has 0 saturated heterocycles. The van der Waals surface area contributed by atoms with Gasteiger partial charge in [-0.1, -0.05) is 59.1 Å². The van der Waals surface area contributed by atoms with Crippen molar-refractivity contribution in [2.75, 3.05) is 5.32 Å². The normalized spacial score (nSPS) is 10.8. The predicted molar refractivity (Wildman–Crippen MR) is 121 cm³/mol. The van der Waals surface area contributed by atoms with Crippen LogP contribution in [-0.4, -0.2) is 20.7 Å². The van der Waals surface area contributed by atoms with Crippen LogP contribution >= 0.6 is 23.2 Å². The first-order valence-electron chi connectivity index (χ1n) is 9.29. The molecular formula is C23H18Cl2N4O. The van der Waals surface area contributed by atoms with E-state index in [0.717, 1.165) is 22.4 Å². The molecule has 4 rings (SSSR count). The summed E-state index contributed by atoms with van der Waals surface area (Å²) in [5, 5.41) is 8.51. The molecule has 0 radical (unpaired) electrons. The smallest absolute Gasteiger partial charge is 0.295 e. The fourth-order valence-corrected chi connectivity index (χ4v) is 3.31. The van der Waals surface area contributed by atoms with Gasteiger partial charge in [0, 0.05) is 21.3 Å². The molecule has 7 heteroatoms. The summed E-state index contributed by atoms with van der Waals surface area (Å²) < 4.78 is 1.66. The van der Waals surface area contributed by atoms with Gasteiger partial charge in [-0.25, -0.2) is 9.67 Å². The summed E-state index contributed by atoms with van der Waals surface area (Å²) in [7, 11) is 0. The number of carbonyl (C=O) groups excluding carboxylic acids is 1. The first kappa shape index (κ1) is 20.1. The molecule has 150 valence electrons. The minimum absolute atomic E-state index is 0.0555. The van der Waals surface area contributed by atoms with Gasteiger partial charge in [-0.15, -0.1) is 5.10 Å². The van der Waals surface area contributed by atoms with Crippen LogP contribution in [0.15, 0.2) is 66.7 Å². The van der Waals surface area contributed by atoms with Crippen LogP contribution in [0.2, 0.25) is 10.0 Å². The Kier molecular flexibility index (Phi) is 5.57. The fourth-order valence-electron chi connectivity index (χ4n) is 3.01. The molecule has 0 aliphatic heterocycles. The summed E-state index contributed by atoms with van der Waals surface area (Å²) in [6, 6.07) is 20.3. The molecule has 5 nitrogen and oxygen atoms in total. The van der Waals surface area contributed by atoms with Gasteiger partial charge >= 0.3 is 0 Å². The van der Waals surface area contributed by atoms with Gasteiger partial charge in [-0.3, -0.25) is 4.79 Å². The van der Waals surface area contributed by atoms with Crippen LogP contribution in [0, 0.1) is 13.8 Å². The van der Waals surface area contributed by atoms with Crippen molar-refractivity contribution < 1.29 is 4.79 Å². The second-order valence-electron chi connectivity index (χ2n) is 6.88. The van der Waals surface area contributed by atoms with Crippen molar-refractivity contribution in [1.29, 1.82) is 0 Å². The van der Waals surface area contributed by atoms with E-state index in [1.54, 1.807) is 28.9 Å². The van der Waals surface area contributed by atoms with Crippen molar-refractivity contribution >= 4 is 34.8 Å². The monoisotopic (exact) mass is 436 g/mol. The molecule has 0 saturated carbocycles. The summed E-state index contributed by atoms with van der Waals surface area (Å²) in [4.78, 5) is 17.4. The van der Waals surface area contributed by atoms with E-state index in [-0.39, 0.29) is 5.82 Å². The molecule has 0 aliphatic carbocycles. The van der Waals surface area contributed by atoms with Gasteiger partial charge in [0.1, 0.15) is 0 Å². The molecule has 1 heterocycles. The molecule has 0 spiro atoms. The Balaban J connectivity index is 1.79. The van der Waals surface area contributed by atoms with Crippen molar-refractivity contribution in [2.24, 2.45) is 0 Å². The van der Waals surface area contributed by atoms with Crippen LogP contribution in [0.1, 0.15) is 21.7 Å². The zero-order chi connectivity index (χ0) is 21.3. The molecule has 1 amide bonds. The van der Waals surface area contributed by atoms with Gasteiger partial charge in [-0.05, 0) is 55.8 Å². The Morgan fingerprint density at radius 1 is 0.933 bits per heavy atom. The highest BCUT2D eigenvalue weighted by molar-refractivity contribution is 6.31. The van der Waals surface area contributed by atoms with E-state index in [1.165, 1.54) is 0 Å². The number of nitrogens with zero attached hydrogens (tertiary/aromatic N) is 3. The molecule has 0 bridgehead atoms. The molecule has 3 aromatic carbocycles. The fraction of sp³-hybridized carbons (Fsp3) is 0.0870. The van der Waals surface area contributed by atoms with Crippen LogP contribution < -0.4 is 5.32 Å². The van der Waals surface area contributed by atoms with Crippen LogP contribution in [0.25, 0.3) is 17.1 Å². The Labute approximate surface area is 184 Å². The van der Waals surface area contributed by atoms with E-state index >= 15 is 0 Å². The third-order valence-electron chi connectivity index (χ3n) is 4.69. The third-order valence-corrected chi connectivity index (χ3v) is 5.35. The maximum atomic E-state index is 12.8. The summed E-state index contributed by atoms with van der Waals surface area (Å²) in [5.74, 6) is 0.200. The first-order valence-corrected chi connectivity index (χ1v) is 10.0. The standard InChI is InChI=1S/C23H18Cl2N4O/c1-14-6-8-16(9-7-14)22-27-21(23(30)26-18-12-10-17(24)11-13-18)28-29(22)20-5-3-4-19(25)15(20)2/h3-13H,1-2H3,(H,26,30). The number of nitrogens with one attached hydrogen (secondary N) is 1. The van der Waals surface area contributed by atoms with Crippen LogP contribution in [0.5, 0.6) is 0 Å². The lowest BCUT2D eigenvalue weighted by Gasteiger charge is -2.10. The van der Waals surface area contributed by atoms with E-state index in [0.29, 0.717) is 21.6 Å². The Hall–Kier alpha value is -3.15. The van der Waals surface area contributed by atoms with E-state index in [9.17, 15) is 4.79 Å². The first-order chi connectivity index (χ1) is 14.4. The lowest BCUT2D eigenvalue weighted by molar-refractivity contribution is 0.101. The number of halogens is 2. The topological polar surface area (TPSA) is 59.8 Å². The number of benzene rings is 3. The predicted octanol–water partition coefficient (Wildman–Crippen LogP) is 6.11. The number of aryl methyl sites for hydroxylation is 1. The van der Waals surface area contributed by atoms with Gasteiger partial charge in [-0.2, -0.15) is 0 Å². The summed E-state index contributed by atoms with van der Waals surface area (Å²) in [5.41, 5.74) is 4.19. The maximum absolute atomic E-state index is 12.8. The Morgan fingerprint density at radius 3 is 2.33 bits per heavy atom. The second kappa shape index (κ2) is 8.30. The molecule has 0 unspecified atom stereocenters. The second-order valence-corrected chi connectivity index (χ2v) is 7.73. The number of amides is 1. The molecule has 0 atom stereocenters. The molecule has 0 aliphatic rings. The quantitative estimate of drug-likeness (QED) is 0.419. The number of anilines is 1. The van der Waals surface area contributed by atoms with E-state index < -0.39 is 5.91 Å². The van der Waals surface area contributed by atoms with Gasteiger partial charge < -0.3 is 5.32 Å². The zero-order valence-electron chi connectivity index (χ0n) is 16.4. The number of rotatable bonds is 4. The molecule has 0 fully saturated rings. The van der Waals surface area contributed by atoms with E-state index in [2.05, 4.69) is 15.4 Å². The summed E-state index contributed by atoms with van der Waals surface area (Å²) in [6.45, 7) is 3.92.